The highest BCUT2D eigenvalue weighted by Gasteiger charge is 2.15. The molecule has 0 fully saturated rings. The van der Waals surface area contributed by atoms with Crippen LogP contribution < -0.4 is 9.47 Å². The first-order valence-electron chi connectivity index (χ1n) is 11.2. The molecule has 0 spiro atoms. The fourth-order valence-corrected chi connectivity index (χ4v) is 3.75. The minimum atomic E-state index is -0.290. The fourth-order valence-electron chi connectivity index (χ4n) is 3.75. The molecule has 0 saturated carbocycles. The molecule has 0 saturated heterocycles. The lowest BCUT2D eigenvalue weighted by molar-refractivity contribution is 0.240. The number of pyridine rings is 1. The molecular formula is C28H24FN3O2. The van der Waals surface area contributed by atoms with Crippen LogP contribution in [-0.4, -0.2) is 21.1 Å². The van der Waals surface area contributed by atoms with Crippen molar-refractivity contribution in [2.45, 2.75) is 26.6 Å². The number of imidazole rings is 1. The van der Waals surface area contributed by atoms with Crippen molar-refractivity contribution in [1.82, 2.24) is 15.0 Å². The number of rotatable bonds is 7. The third-order valence-electron chi connectivity index (χ3n) is 5.34. The van der Waals surface area contributed by atoms with Gasteiger partial charge in [-0.1, -0.05) is 48.5 Å². The van der Waals surface area contributed by atoms with Crippen molar-refractivity contribution in [2.24, 2.45) is 0 Å². The van der Waals surface area contributed by atoms with E-state index in [0.717, 1.165) is 16.6 Å². The number of nitrogens with one attached hydrogen (secondary N) is 1. The second-order valence-corrected chi connectivity index (χ2v) is 8.26. The van der Waals surface area contributed by atoms with Crippen molar-refractivity contribution < 1.29 is 13.9 Å². The van der Waals surface area contributed by atoms with Crippen molar-refractivity contribution in [3.63, 3.8) is 0 Å². The molecule has 0 radical (unpaired) electrons. The Morgan fingerprint density at radius 2 is 1.71 bits per heavy atom. The van der Waals surface area contributed by atoms with Crippen molar-refractivity contribution in [3.8, 4) is 34.0 Å². The molecule has 0 atom stereocenters. The summed E-state index contributed by atoms with van der Waals surface area (Å²) >= 11 is 0. The smallest absolute Gasteiger partial charge is 0.178 e. The second kappa shape index (κ2) is 9.35. The second-order valence-electron chi connectivity index (χ2n) is 8.26. The van der Waals surface area contributed by atoms with Gasteiger partial charge in [0, 0.05) is 23.4 Å². The molecule has 5 aromatic rings. The first-order valence-corrected chi connectivity index (χ1v) is 11.2. The van der Waals surface area contributed by atoms with Crippen LogP contribution in [0.5, 0.6) is 11.5 Å². The van der Waals surface area contributed by atoms with Crippen molar-refractivity contribution in [3.05, 3.63) is 96.4 Å². The van der Waals surface area contributed by atoms with Crippen LogP contribution in [0.15, 0.2) is 85.1 Å². The number of aromatic amines is 1. The van der Waals surface area contributed by atoms with Crippen LogP contribution in [0.3, 0.4) is 0 Å². The Hall–Kier alpha value is -4.19. The Bertz CT molecular complexity index is 1430. The number of hydrogen-bond donors (Lipinski definition) is 1. The lowest BCUT2D eigenvalue weighted by atomic mass is 10.1. The van der Waals surface area contributed by atoms with Gasteiger partial charge in [0.2, 0.25) is 0 Å². The number of H-pyrrole nitrogens is 1. The van der Waals surface area contributed by atoms with Gasteiger partial charge in [-0.15, -0.1) is 0 Å². The molecule has 0 unspecified atom stereocenters. The Morgan fingerprint density at radius 1 is 0.912 bits per heavy atom. The summed E-state index contributed by atoms with van der Waals surface area (Å²) in [6.45, 7) is 4.42. The highest BCUT2D eigenvalue weighted by atomic mass is 19.1. The van der Waals surface area contributed by atoms with E-state index in [0.29, 0.717) is 40.7 Å². The highest BCUT2D eigenvalue weighted by Crippen LogP contribution is 2.34. The zero-order chi connectivity index (χ0) is 23.5. The van der Waals surface area contributed by atoms with Crippen LogP contribution >= 0.6 is 0 Å². The Morgan fingerprint density at radius 3 is 2.50 bits per heavy atom. The summed E-state index contributed by atoms with van der Waals surface area (Å²) in [6.07, 6.45) is 1.61. The lowest BCUT2D eigenvalue weighted by Gasteiger charge is -2.15. The van der Waals surface area contributed by atoms with E-state index in [4.69, 9.17) is 9.47 Å². The van der Waals surface area contributed by atoms with Gasteiger partial charge in [0.1, 0.15) is 29.7 Å². The maximum absolute atomic E-state index is 14.2. The predicted molar refractivity (Wildman–Crippen MR) is 131 cm³/mol. The molecule has 2 aromatic heterocycles. The van der Waals surface area contributed by atoms with Gasteiger partial charge in [0.15, 0.2) is 5.65 Å². The fraction of sp³-hybridized carbons (Fsp3) is 0.143. The predicted octanol–water partition coefficient (Wildman–Crippen LogP) is 6.80. The average molecular weight is 454 g/mol. The molecule has 1 N–H and O–H groups in total. The summed E-state index contributed by atoms with van der Waals surface area (Å²) in [5.41, 5.74) is 4.34. The van der Waals surface area contributed by atoms with Gasteiger partial charge < -0.3 is 14.5 Å². The standard InChI is InChI=1S/C28H24FN3O2/c1-18(2)34-26-15-21(33-17-19-8-4-3-5-9-19)12-13-23(26)27-31-25-14-20(16-30-28(25)32-27)22-10-6-7-11-24(22)29/h3-16,18H,17H2,1-2H3,(H,30,31,32). The molecule has 3 aromatic carbocycles. The van der Waals surface area contributed by atoms with E-state index in [1.807, 2.05) is 68.4 Å². The first-order chi connectivity index (χ1) is 16.6. The maximum atomic E-state index is 14.2. The van der Waals surface area contributed by atoms with E-state index >= 15 is 0 Å². The van der Waals surface area contributed by atoms with Crippen molar-refractivity contribution in [2.75, 3.05) is 0 Å². The SMILES string of the molecule is CC(C)Oc1cc(OCc2ccccc2)ccc1-c1nc2ncc(-c3ccccc3F)cc2[nH]1. The van der Waals surface area contributed by atoms with Gasteiger partial charge in [-0.2, -0.15) is 0 Å². The number of fused-ring (bicyclic) bond motifs is 1. The van der Waals surface area contributed by atoms with E-state index in [2.05, 4.69) is 15.0 Å². The summed E-state index contributed by atoms with van der Waals surface area (Å²) in [5, 5.41) is 0. The summed E-state index contributed by atoms with van der Waals surface area (Å²) in [7, 11) is 0. The van der Waals surface area contributed by atoms with Crippen LogP contribution in [0.4, 0.5) is 4.39 Å². The molecule has 34 heavy (non-hydrogen) atoms. The van der Waals surface area contributed by atoms with Crippen LogP contribution in [0.2, 0.25) is 0 Å². The maximum Gasteiger partial charge on any atom is 0.178 e. The van der Waals surface area contributed by atoms with Crippen LogP contribution in [-0.2, 0) is 6.61 Å². The number of benzene rings is 3. The summed E-state index contributed by atoms with van der Waals surface area (Å²) in [5.74, 6) is 1.70. The number of hydrogen-bond acceptors (Lipinski definition) is 4. The summed E-state index contributed by atoms with van der Waals surface area (Å²) in [6, 6.07) is 24.2. The van der Waals surface area contributed by atoms with Crippen LogP contribution in [0, 0.1) is 5.82 Å². The number of halogens is 1. The molecule has 0 aliphatic heterocycles. The quantitative estimate of drug-likeness (QED) is 0.294. The number of aromatic nitrogens is 3. The van der Waals surface area contributed by atoms with Crippen molar-refractivity contribution in [1.29, 1.82) is 0 Å². The Balaban J connectivity index is 1.47. The molecule has 0 amide bonds. The molecule has 5 rings (SSSR count). The van der Waals surface area contributed by atoms with Gasteiger partial charge in [0.25, 0.3) is 0 Å². The van der Waals surface area contributed by atoms with E-state index in [-0.39, 0.29) is 11.9 Å². The summed E-state index contributed by atoms with van der Waals surface area (Å²) < 4.78 is 26.3. The zero-order valence-corrected chi connectivity index (χ0v) is 19.0. The van der Waals surface area contributed by atoms with Gasteiger partial charge in [-0.3, -0.25) is 0 Å². The molecule has 0 bridgehead atoms. The van der Waals surface area contributed by atoms with Crippen molar-refractivity contribution >= 4 is 11.2 Å². The van der Waals surface area contributed by atoms with Gasteiger partial charge in [0.05, 0.1) is 17.2 Å². The number of nitrogens with zero attached hydrogens (tertiary/aromatic N) is 2. The first kappa shape index (κ1) is 21.6. The third-order valence-corrected chi connectivity index (χ3v) is 5.34. The molecule has 170 valence electrons. The van der Waals surface area contributed by atoms with E-state index in [9.17, 15) is 4.39 Å². The minimum absolute atomic E-state index is 0.0294. The molecule has 0 aliphatic rings. The molecular weight excluding hydrogens is 429 g/mol. The van der Waals surface area contributed by atoms with E-state index < -0.39 is 0 Å². The van der Waals surface area contributed by atoms with E-state index in [1.165, 1.54) is 6.07 Å². The zero-order valence-electron chi connectivity index (χ0n) is 19.0. The van der Waals surface area contributed by atoms with Gasteiger partial charge in [-0.25, -0.2) is 14.4 Å². The molecule has 0 aliphatic carbocycles. The highest BCUT2D eigenvalue weighted by molar-refractivity contribution is 5.82. The monoisotopic (exact) mass is 453 g/mol. The van der Waals surface area contributed by atoms with Gasteiger partial charge in [-0.05, 0) is 43.7 Å². The largest absolute Gasteiger partial charge is 0.490 e. The Labute approximate surface area is 197 Å². The summed E-state index contributed by atoms with van der Waals surface area (Å²) in [4.78, 5) is 12.4. The normalized spacial score (nSPS) is 11.2. The number of ether oxygens (including phenoxy) is 2. The molecule has 6 heteroatoms. The Kier molecular flexibility index (Phi) is 5.95. The average Bonchev–Trinajstić information content (AvgIpc) is 3.26. The topological polar surface area (TPSA) is 60.0 Å². The van der Waals surface area contributed by atoms with Crippen LogP contribution in [0.1, 0.15) is 19.4 Å². The lowest BCUT2D eigenvalue weighted by Crippen LogP contribution is -2.07. The van der Waals surface area contributed by atoms with E-state index in [1.54, 1.807) is 24.4 Å². The van der Waals surface area contributed by atoms with Crippen LogP contribution in [0.25, 0.3) is 33.7 Å². The minimum Gasteiger partial charge on any atom is -0.490 e. The third kappa shape index (κ3) is 4.62. The molecule has 2 heterocycles. The molecule has 5 nitrogen and oxygen atoms in total. The van der Waals surface area contributed by atoms with Gasteiger partial charge >= 0.3 is 0 Å².